The lowest BCUT2D eigenvalue weighted by molar-refractivity contribution is 0.0954. The quantitative estimate of drug-likeness (QED) is 0.598. The van der Waals surface area contributed by atoms with Crippen molar-refractivity contribution in [3.63, 3.8) is 0 Å². The molecule has 0 aliphatic rings. The fraction of sp³-hybridized carbons (Fsp3) is 0.250. The molecule has 0 radical (unpaired) electrons. The average Bonchev–Trinajstić information content (AvgIpc) is 2.25. The number of ether oxygens (including phenoxy) is 1. The summed E-state index contributed by atoms with van der Waals surface area (Å²) in [5, 5.41) is 2.73. The van der Waals surface area contributed by atoms with Gasteiger partial charge in [0.15, 0.2) is 0 Å². The maximum absolute atomic E-state index is 11.8. The maximum Gasteiger partial charge on any atom is 0.255 e. The molecule has 0 bridgehead atoms. The monoisotopic (exact) mass is 220 g/mol. The minimum Gasteiger partial charge on any atom is -0.496 e. The second-order valence-electron chi connectivity index (χ2n) is 3.60. The number of rotatable bonds is 4. The zero-order valence-electron chi connectivity index (χ0n) is 9.54. The van der Waals surface area contributed by atoms with Crippen LogP contribution in [0.15, 0.2) is 30.4 Å². The molecule has 16 heavy (non-hydrogen) atoms. The van der Waals surface area contributed by atoms with E-state index in [-0.39, 0.29) is 5.91 Å². The second-order valence-corrected chi connectivity index (χ2v) is 3.60. The van der Waals surface area contributed by atoms with Crippen LogP contribution in [0.5, 0.6) is 5.75 Å². The molecule has 0 saturated carbocycles. The molecule has 0 aromatic heterocycles. The number of carbonyl (C=O) groups is 1. The van der Waals surface area contributed by atoms with Crippen molar-refractivity contribution < 1.29 is 9.53 Å². The van der Waals surface area contributed by atoms with Crippen LogP contribution < -0.4 is 15.8 Å². The van der Waals surface area contributed by atoms with Crippen LogP contribution in [0.25, 0.3) is 0 Å². The predicted molar refractivity (Wildman–Crippen MR) is 64.6 cm³/mol. The van der Waals surface area contributed by atoms with Gasteiger partial charge in [-0.25, -0.2) is 0 Å². The highest BCUT2D eigenvalue weighted by Crippen LogP contribution is 2.21. The van der Waals surface area contributed by atoms with Crippen LogP contribution in [0, 0.1) is 0 Å². The van der Waals surface area contributed by atoms with Gasteiger partial charge in [0.05, 0.1) is 12.7 Å². The van der Waals surface area contributed by atoms with Gasteiger partial charge in [0.2, 0.25) is 0 Å². The van der Waals surface area contributed by atoms with Crippen molar-refractivity contribution in [3.05, 3.63) is 35.9 Å². The first-order valence-electron chi connectivity index (χ1n) is 4.90. The van der Waals surface area contributed by atoms with Gasteiger partial charge in [0, 0.05) is 18.3 Å². The van der Waals surface area contributed by atoms with Crippen molar-refractivity contribution in [2.45, 2.75) is 6.92 Å². The van der Waals surface area contributed by atoms with Crippen molar-refractivity contribution in [2.24, 2.45) is 0 Å². The summed E-state index contributed by atoms with van der Waals surface area (Å²) < 4.78 is 5.09. The van der Waals surface area contributed by atoms with Gasteiger partial charge in [-0.1, -0.05) is 12.2 Å². The van der Waals surface area contributed by atoms with Crippen LogP contribution >= 0.6 is 0 Å². The number of hydrogen-bond acceptors (Lipinski definition) is 3. The Morgan fingerprint density at radius 3 is 2.81 bits per heavy atom. The Kier molecular flexibility index (Phi) is 3.94. The predicted octanol–water partition coefficient (Wildman–Crippen LogP) is 1.58. The molecule has 0 unspecified atom stereocenters. The van der Waals surface area contributed by atoms with Crippen LogP contribution in [0.2, 0.25) is 0 Å². The highest BCUT2D eigenvalue weighted by molar-refractivity contribution is 5.97. The lowest BCUT2D eigenvalue weighted by atomic mass is 10.1. The summed E-state index contributed by atoms with van der Waals surface area (Å²) in [5.41, 5.74) is 7.52. The number of benzene rings is 1. The van der Waals surface area contributed by atoms with Crippen molar-refractivity contribution in [2.75, 3.05) is 19.4 Å². The van der Waals surface area contributed by atoms with E-state index in [0.717, 1.165) is 5.57 Å². The van der Waals surface area contributed by atoms with E-state index < -0.39 is 0 Å². The van der Waals surface area contributed by atoms with Gasteiger partial charge in [-0.15, -0.1) is 0 Å². The Labute approximate surface area is 95.1 Å². The molecule has 4 nitrogen and oxygen atoms in total. The molecular weight excluding hydrogens is 204 g/mol. The summed E-state index contributed by atoms with van der Waals surface area (Å²) in [6.07, 6.45) is 0. The fourth-order valence-corrected chi connectivity index (χ4v) is 1.22. The first-order valence-corrected chi connectivity index (χ1v) is 4.90. The summed E-state index contributed by atoms with van der Waals surface area (Å²) >= 11 is 0. The van der Waals surface area contributed by atoms with Crippen molar-refractivity contribution >= 4 is 11.6 Å². The molecule has 1 aromatic rings. The Hall–Kier alpha value is -1.97. The molecule has 1 aromatic carbocycles. The fourth-order valence-electron chi connectivity index (χ4n) is 1.22. The van der Waals surface area contributed by atoms with Crippen LogP contribution in [-0.4, -0.2) is 19.6 Å². The first kappa shape index (κ1) is 12.1. The Balaban J connectivity index is 2.86. The van der Waals surface area contributed by atoms with E-state index in [1.807, 2.05) is 6.92 Å². The van der Waals surface area contributed by atoms with Crippen LogP contribution in [0.4, 0.5) is 5.69 Å². The average molecular weight is 220 g/mol. The summed E-state index contributed by atoms with van der Waals surface area (Å²) in [6, 6.07) is 4.93. The highest BCUT2D eigenvalue weighted by atomic mass is 16.5. The number of methoxy groups -OCH3 is 1. The zero-order valence-corrected chi connectivity index (χ0v) is 9.54. The van der Waals surface area contributed by atoms with Crippen molar-refractivity contribution in [1.29, 1.82) is 0 Å². The lowest BCUT2D eigenvalue weighted by Gasteiger charge is -2.09. The topological polar surface area (TPSA) is 64.4 Å². The molecule has 0 saturated heterocycles. The van der Waals surface area contributed by atoms with Crippen LogP contribution in [-0.2, 0) is 0 Å². The number of nitrogens with one attached hydrogen (secondary N) is 1. The summed E-state index contributed by atoms with van der Waals surface area (Å²) in [4.78, 5) is 11.8. The summed E-state index contributed by atoms with van der Waals surface area (Å²) in [6.45, 7) is 6.01. The van der Waals surface area contributed by atoms with E-state index in [4.69, 9.17) is 10.5 Å². The molecule has 0 aliphatic carbocycles. The number of amides is 1. The molecule has 0 fully saturated rings. The molecule has 1 amide bonds. The third-order valence-electron chi connectivity index (χ3n) is 2.02. The molecule has 86 valence electrons. The van der Waals surface area contributed by atoms with Crippen molar-refractivity contribution in [1.82, 2.24) is 5.32 Å². The molecule has 0 atom stereocenters. The van der Waals surface area contributed by atoms with E-state index in [1.165, 1.54) is 7.11 Å². The molecular formula is C12H16N2O2. The number of carbonyl (C=O) groups excluding carboxylic acids is 1. The molecule has 3 N–H and O–H groups in total. The van der Waals surface area contributed by atoms with Gasteiger partial charge in [0.25, 0.3) is 5.91 Å². The largest absolute Gasteiger partial charge is 0.496 e. The SMILES string of the molecule is C=C(C)CNC(=O)c1ccc(N)cc1OC. The molecule has 1 rings (SSSR count). The minimum atomic E-state index is -0.195. The molecule has 0 heterocycles. The molecule has 0 spiro atoms. The van der Waals surface area contributed by atoms with Crippen molar-refractivity contribution in [3.8, 4) is 5.75 Å². The first-order chi connectivity index (χ1) is 7.54. The maximum atomic E-state index is 11.8. The molecule has 4 heteroatoms. The number of anilines is 1. The smallest absolute Gasteiger partial charge is 0.255 e. The van der Waals surface area contributed by atoms with E-state index in [2.05, 4.69) is 11.9 Å². The van der Waals surface area contributed by atoms with E-state index in [0.29, 0.717) is 23.5 Å². The number of nitrogen functional groups attached to an aromatic ring is 1. The van der Waals surface area contributed by atoms with Gasteiger partial charge in [0.1, 0.15) is 5.75 Å². The Bertz CT molecular complexity index is 413. The minimum absolute atomic E-state index is 0.195. The third kappa shape index (κ3) is 3.02. The van der Waals surface area contributed by atoms with E-state index in [9.17, 15) is 4.79 Å². The summed E-state index contributed by atoms with van der Waals surface area (Å²) in [7, 11) is 1.50. The highest BCUT2D eigenvalue weighted by Gasteiger charge is 2.11. The van der Waals surface area contributed by atoms with Crippen LogP contribution in [0.3, 0.4) is 0 Å². The Morgan fingerprint density at radius 1 is 1.56 bits per heavy atom. The van der Waals surface area contributed by atoms with Gasteiger partial charge in [-0.2, -0.15) is 0 Å². The molecule has 0 aliphatic heterocycles. The van der Waals surface area contributed by atoms with E-state index in [1.54, 1.807) is 18.2 Å². The van der Waals surface area contributed by atoms with E-state index >= 15 is 0 Å². The standard InChI is InChI=1S/C12H16N2O2/c1-8(2)7-14-12(15)10-5-4-9(13)6-11(10)16-3/h4-6H,1,7,13H2,2-3H3,(H,14,15). The zero-order chi connectivity index (χ0) is 12.1. The number of hydrogen-bond donors (Lipinski definition) is 2. The van der Waals surface area contributed by atoms with Gasteiger partial charge >= 0.3 is 0 Å². The van der Waals surface area contributed by atoms with Gasteiger partial charge in [-0.3, -0.25) is 4.79 Å². The lowest BCUT2D eigenvalue weighted by Crippen LogP contribution is -2.25. The van der Waals surface area contributed by atoms with Gasteiger partial charge in [-0.05, 0) is 19.1 Å². The third-order valence-corrected chi connectivity index (χ3v) is 2.02. The van der Waals surface area contributed by atoms with Gasteiger partial charge < -0.3 is 15.8 Å². The van der Waals surface area contributed by atoms with Crippen LogP contribution in [0.1, 0.15) is 17.3 Å². The normalized spacial score (nSPS) is 9.62. The second kappa shape index (κ2) is 5.21. The summed E-state index contributed by atoms with van der Waals surface area (Å²) in [5.74, 6) is 0.277. The Morgan fingerprint density at radius 2 is 2.25 bits per heavy atom. The number of nitrogens with two attached hydrogens (primary N) is 1.